The van der Waals surface area contributed by atoms with Gasteiger partial charge in [0.05, 0.1) is 0 Å². The number of hydrogen-bond acceptors (Lipinski definition) is 3. The van der Waals surface area contributed by atoms with Crippen LogP contribution in [0, 0.1) is 11.8 Å². The molecule has 0 saturated heterocycles. The predicted molar refractivity (Wildman–Crippen MR) is 83.5 cm³/mol. The zero-order chi connectivity index (χ0) is 13.0. The molecule has 0 unspecified atom stereocenters. The van der Waals surface area contributed by atoms with E-state index < -0.39 is 0 Å². The highest BCUT2D eigenvalue weighted by molar-refractivity contribution is 7.99. The molecule has 2 fully saturated rings. The Morgan fingerprint density at radius 3 is 1.33 bits per heavy atom. The van der Waals surface area contributed by atoms with Crippen LogP contribution in [0.3, 0.4) is 0 Å². The first-order valence-electron chi connectivity index (χ1n) is 7.34. The van der Waals surface area contributed by atoms with E-state index in [0.717, 1.165) is 36.2 Å². The first-order chi connectivity index (χ1) is 8.74. The standard InChI is InChI=1S/C15H26OS2/c1-17-13-7-3-11(4-8-13)15(16)12-5-9-14(18-2)10-6-12/h11-14H,3-10H2,1-2H3. The Bertz CT molecular complexity index is 238. The highest BCUT2D eigenvalue weighted by Gasteiger charge is 2.32. The molecule has 2 saturated carbocycles. The Kier molecular flexibility index (Phi) is 5.94. The Morgan fingerprint density at radius 2 is 1.06 bits per heavy atom. The summed E-state index contributed by atoms with van der Waals surface area (Å²) in [5, 5.41) is 1.64. The van der Waals surface area contributed by atoms with Gasteiger partial charge in [-0.3, -0.25) is 4.79 Å². The van der Waals surface area contributed by atoms with Crippen LogP contribution in [0.15, 0.2) is 0 Å². The van der Waals surface area contributed by atoms with Crippen molar-refractivity contribution in [3.63, 3.8) is 0 Å². The van der Waals surface area contributed by atoms with E-state index in [9.17, 15) is 4.79 Å². The third-order valence-corrected chi connectivity index (χ3v) is 7.10. The Labute approximate surface area is 120 Å². The van der Waals surface area contributed by atoms with Gasteiger partial charge in [0.25, 0.3) is 0 Å². The molecule has 3 heteroatoms. The third-order valence-electron chi connectivity index (χ3n) is 4.82. The molecule has 0 aromatic carbocycles. The monoisotopic (exact) mass is 286 g/mol. The second-order valence-corrected chi connectivity index (χ2v) is 8.10. The number of ketones is 1. The molecule has 0 bridgehead atoms. The molecule has 0 spiro atoms. The fourth-order valence-electron chi connectivity index (χ4n) is 3.50. The molecule has 1 nitrogen and oxygen atoms in total. The molecule has 2 rings (SSSR count). The highest BCUT2D eigenvalue weighted by Crippen LogP contribution is 2.37. The van der Waals surface area contributed by atoms with E-state index in [-0.39, 0.29) is 0 Å². The van der Waals surface area contributed by atoms with Crippen molar-refractivity contribution in [2.45, 2.75) is 61.9 Å². The Morgan fingerprint density at radius 1 is 0.722 bits per heavy atom. The maximum Gasteiger partial charge on any atom is 0.139 e. The molecule has 0 aliphatic heterocycles. The van der Waals surface area contributed by atoms with Crippen molar-refractivity contribution in [2.75, 3.05) is 12.5 Å². The fourth-order valence-corrected chi connectivity index (χ4v) is 4.99. The predicted octanol–water partition coefficient (Wildman–Crippen LogP) is 4.40. The maximum absolute atomic E-state index is 12.5. The molecule has 0 N–H and O–H groups in total. The van der Waals surface area contributed by atoms with Crippen LogP contribution in [0.5, 0.6) is 0 Å². The number of carbonyl (C=O) groups excluding carboxylic acids is 1. The molecule has 0 amide bonds. The molecule has 104 valence electrons. The van der Waals surface area contributed by atoms with E-state index in [1.54, 1.807) is 0 Å². The lowest BCUT2D eigenvalue weighted by Crippen LogP contribution is -2.31. The van der Waals surface area contributed by atoms with Gasteiger partial charge in [-0.1, -0.05) is 0 Å². The van der Waals surface area contributed by atoms with Gasteiger partial charge in [-0.15, -0.1) is 0 Å². The van der Waals surface area contributed by atoms with E-state index in [1.165, 1.54) is 25.7 Å². The van der Waals surface area contributed by atoms with Gasteiger partial charge >= 0.3 is 0 Å². The molecule has 0 aromatic rings. The van der Waals surface area contributed by atoms with Crippen LogP contribution in [-0.4, -0.2) is 28.8 Å². The normalized spacial score (nSPS) is 37.4. The summed E-state index contributed by atoms with van der Waals surface area (Å²) in [6.45, 7) is 0. The molecule has 0 atom stereocenters. The van der Waals surface area contributed by atoms with E-state index in [1.807, 2.05) is 23.5 Å². The summed E-state index contributed by atoms with van der Waals surface area (Å²) in [6.07, 6.45) is 14.1. The summed E-state index contributed by atoms with van der Waals surface area (Å²) >= 11 is 3.97. The summed E-state index contributed by atoms with van der Waals surface area (Å²) in [6, 6.07) is 0. The third kappa shape index (κ3) is 3.69. The molecule has 0 aromatic heterocycles. The minimum atomic E-state index is 0.407. The largest absolute Gasteiger partial charge is 0.299 e. The highest BCUT2D eigenvalue weighted by atomic mass is 32.2. The number of rotatable bonds is 4. The molecule has 2 aliphatic carbocycles. The van der Waals surface area contributed by atoms with Crippen LogP contribution < -0.4 is 0 Å². The van der Waals surface area contributed by atoms with Crippen LogP contribution in [0.1, 0.15) is 51.4 Å². The van der Waals surface area contributed by atoms with E-state index in [2.05, 4.69) is 12.5 Å². The molecule has 18 heavy (non-hydrogen) atoms. The van der Waals surface area contributed by atoms with Crippen LogP contribution >= 0.6 is 23.5 Å². The van der Waals surface area contributed by atoms with Gasteiger partial charge in [0.2, 0.25) is 0 Å². The van der Waals surface area contributed by atoms with E-state index in [4.69, 9.17) is 0 Å². The second-order valence-electron chi connectivity index (χ2n) is 5.82. The first-order valence-corrected chi connectivity index (χ1v) is 9.91. The van der Waals surface area contributed by atoms with E-state index in [0.29, 0.717) is 17.6 Å². The Hall–Kier alpha value is 0.370. The second kappa shape index (κ2) is 7.23. The van der Waals surface area contributed by atoms with Gasteiger partial charge in [-0.05, 0) is 63.9 Å². The van der Waals surface area contributed by atoms with Crippen molar-refractivity contribution in [1.82, 2.24) is 0 Å². The summed E-state index contributed by atoms with van der Waals surface area (Å²) in [5.41, 5.74) is 0. The molecular formula is C15H26OS2. The quantitative estimate of drug-likeness (QED) is 0.762. The first kappa shape index (κ1) is 14.8. The van der Waals surface area contributed by atoms with Gasteiger partial charge in [0.1, 0.15) is 5.78 Å². The number of Topliss-reactive ketones (excluding diaryl/α,β-unsaturated/α-hetero) is 1. The maximum atomic E-state index is 12.5. The Balaban J connectivity index is 1.78. The van der Waals surface area contributed by atoms with Gasteiger partial charge in [-0.25, -0.2) is 0 Å². The SMILES string of the molecule is CSC1CCC(C(=O)C2CCC(SC)CC2)CC1. The summed E-state index contributed by atoms with van der Waals surface area (Å²) in [4.78, 5) is 12.5. The van der Waals surface area contributed by atoms with Crippen LogP contribution in [0.2, 0.25) is 0 Å². The van der Waals surface area contributed by atoms with Gasteiger partial charge in [0, 0.05) is 22.3 Å². The number of thioether (sulfide) groups is 2. The fraction of sp³-hybridized carbons (Fsp3) is 0.933. The average molecular weight is 287 g/mol. The van der Waals surface area contributed by atoms with Gasteiger partial charge in [-0.2, -0.15) is 23.5 Å². The topological polar surface area (TPSA) is 17.1 Å². The zero-order valence-corrected chi connectivity index (χ0v) is 13.3. The van der Waals surface area contributed by atoms with Crippen LogP contribution in [-0.2, 0) is 4.79 Å². The van der Waals surface area contributed by atoms with Crippen molar-refractivity contribution < 1.29 is 4.79 Å². The molecule has 0 radical (unpaired) electrons. The summed E-state index contributed by atoms with van der Waals surface area (Å²) in [5.74, 6) is 1.43. The molecule has 2 aliphatic rings. The van der Waals surface area contributed by atoms with Gasteiger partial charge < -0.3 is 0 Å². The lowest BCUT2D eigenvalue weighted by atomic mass is 9.76. The summed E-state index contributed by atoms with van der Waals surface area (Å²) in [7, 11) is 0. The van der Waals surface area contributed by atoms with Crippen LogP contribution in [0.4, 0.5) is 0 Å². The summed E-state index contributed by atoms with van der Waals surface area (Å²) < 4.78 is 0. The minimum absolute atomic E-state index is 0.407. The minimum Gasteiger partial charge on any atom is -0.299 e. The lowest BCUT2D eigenvalue weighted by molar-refractivity contribution is -0.128. The molecular weight excluding hydrogens is 260 g/mol. The molecule has 0 heterocycles. The zero-order valence-electron chi connectivity index (χ0n) is 11.7. The smallest absolute Gasteiger partial charge is 0.139 e. The van der Waals surface area contributed by atoms with Crippen LogP contribution in [0.25, 0.3) is 0 Å². The van der Waals surface area contributed by atoms with Crippen molar-refractivity contribution >= 4 is 29.3 Å². The van der Waals surface area contributed by atoms with Crippen molar-refractivity contribution in [2.24, 2.45) is 11.8 Å². The number of carbonyl (C=O) groups is 1. The van der Waals surface area contributed by atoms with Crippen molar-refractivity contribution in [3.8, 4) is 0 Å². The average Bonchev–Trinajstić information content (AvgIpc) is 2.47. The van der Waals surface area contributed by atoms with Crippen molar-refractivity contribution in [3.05, 3.63) is 0 Å². The number of hydrogen-bond donors (Lipinski definition) is 0. The van der Waals surface area contributed by atoms with E-state index >= 15 is 0 Å². The lowest BCUT2D eigenvalue weighted by Gasteiger charge is -2.32. The van der Waals surface area contributed by atoms with Gasteiger partial charge in [0.15, 0.2) is 0 Å². The van der Waals surface area contributed by atoms with Crippen molar-refractivity contribution in [1.29, 1.82) is 0 Å².